The molecule has 1 heterocycles. The third-order valence-electron chi connectivity index (χ3n) is 5.16. The Morgan fingerprint density at radius 3 is 2.57 bits per heavy atom. The van der Waals surface area contributed by atoms with Gasteiger partial charge in [-0.05, 0) is 58.9 Å². The van der Waals surface area contributed by atoms with Gasteiger partial charge in [0.25, 0.3) is 0 Å². The Bertz CT molecular complexity index is 973. The molecular weight excluding hydrogens is 338 g/mol. The van der Waals surface area contributed by atoms with Gasteiger partial charge in [-0.1, -0.05) is 88.4 Å². The molecule has 1 nitrogen and oxygen atoms in total. The molecule has 1 atom stereocenters. The predicted molar refractivity (Wildman–Crippen MR) is 123 cm³/mol. The summed E-state index contributed by atoms with van der Waals surface area (Å²) in [5.41, 5.74) is 5.29. The highest BCUT2D eigenvalue weighted by atomic mass is 14.7. The van der Waals surface area contributed by atoms with Gasteiger partial charge in [0, 0.05) is 11.6 Å². The van der Waals surface area contributed by atoms with Crippen LogP contribution in [0.1, 0.15) is 50.9 Å². The number of pyridine rings is 1. The van der Waals surface area contributed by atoms with E-state index in [-0.39, 0.29) is 0 Å². The summed E-state index contributed by atoms with van der Waals surface area (Å²) in [6, 6.07) is 19.4. The molecule has 144 valence electrons. The highest BCUT2D eigenvalue weighted by molar-refractivity contribution is 5.97. The van der Waals surface area contributed by atoms with Crippen molar-refractivity contribution in [3.05, 3.63) is 89.8 Å². The van der Waals surface area contributed by atoms with Crippen LogP contribution in [0.4, 0.5) is 0 Å². The maximum absolute atomic E-state index is 4.80. The lowest BCUT2D eigenvalue weighted by molar-refractivity contribution is 0.666. The van der Waals surface area contributed by atoms with Gasteiger partial charge in [-0.25, -0.2) is 0 Å². The minimum absolute atomic E-state index is 0.471. The fourth-order valence-corrected chi connectivity index (χ4v) is 3.86. The summed E-state index contributed by atoms with van der Waals surface area (Å²) in [4.78, 5) is 4.80. The van der Waals surface area contributed by atoms with Crippen LogP contribution in [0.3, 0.4) is 0 Å². The molecular formula is C27H31N. The Kier molecular flexibility index (Phi) is 6.81. The molecule has 1 aliphatic carbocycles. The molecule has 4 rings (SSSR count). The summed E-state index contributed by atoms with van der Waals surface area (Å²) in [6.07, 6.45) is 11.1. The van der Waals surface area contributed by atoms with E-state index in [1.807, 2.05) is 20.0 Å². The molecule has 1 aliphatic rings. The second kappa shape index (κ2) is 9.50. The maximum atomic E-state index is 4.80. The van der Waals surface area contributed by atoms with Gasteiger partial charge in [0.1, 0.15) is 0 Å². The molecule has 0 saturated carbocycles. The van der Waals surface area contributed by atoms with E-state index in [1.54, 1.807) is 0 Å². The van der Waals surface area contributed by atoms with Crippen LogP contribution in [0, 0.1) is 11.8 Å². The van der Waals surface area contributed by atoms with Crippen LogP contribution < -0.4 is 0 Å². The van der Waals surface area contributed by atoms with Crippen LogP contribution in [0.5, 0.6) is 0 Å². The largest absolute Gasteiger partial charge is 0.256 e. The zero-order chi connectivity index (χ0) is 19.9. The average Bonchev–Trinajstić information content (AvgIpc) is 2.74. The van der Waals surface area contributed by atoms with E-state index in [9.17, 15) is 0 Å². The summed E-state index contributed by atoms with van der Waals surface area (Å²) < 4.78 is 0. The number of rotatable bonds is 4. The van der Waals surface area contributed by atoms with Crippen molar-refractivity contribution >= 4 is 22.4 Å². The zero-order valence-corrected chi connectivity index (χ0v) is 17.5. The van der Waals surface area contributed by atoms with Gasteiger partial charge in [0.05, 0.1) is 5.69 Å². The van der Waals surface area contributed by atoms with Crippen molar-refractivity contribution in [2.24, 2.45) is 11.8 Å². The van der Waals surface area contributed by atoms with E-state index in [4.69, 9.17) is 4.98 Å². The molecule has 0 spiro atoms. The summed E-state index contributed by atoms with van der Waals surface area (Å²) in [5, 5.41) is 2.51. The Morgan fingerprint density at radius 1 is 1.00 bits per heavy atom. The molecule has 0 radical (unpaired) electrons. The van der Waals surface area contributed by atoms with Gasteiger partial charge >= 0.3 is 0 Å². The van der Waals surface area contributed by atoms with Crippen molar-refractivity contribution in [1.82, 2.24) is 4.98 Å². The number of allylic oxidation sites excluding steroid dienone is 3. The monoisotopic (exact) mass is 369 g/mol. The maximum Gasteiger partial charge on any atom is 0.0743 e. The number of hydrogen-bond acceptors (Lipinski definition) is 1. The van der Waals surface area contributed by atoms with Crippen molar-refractivity contribution in [3.8, 4) is 0 Å². The molecule has 3 aromatic rings. The average molecular weight is 370 g/mol. The first kappa shape index (κ1) is 20.1. The standard InChI is InChI=1S/C25H25N.C2H6/c1-18(2)8-7-12-22-16-20-10-3-4-11-21(20)17-24(22)25-23-13-6-5-9-19(23)14-15-26-25;1-2/h3-11,13-15,17-18,22H,12,16H2,1-2H3;1-2H3. The summed E-state index contributed by atoms with van der Waals surface area (Å²) in [6.45, 7) is 8.46. The van der Waals surface area contributed by atoms with Gasteiger partial charge in [-0.2, -0.15) is 0 Å². The molecule has 0 aliphatic heterocycles. The Labute approximate surface area is 169 Å². The smallest absolute Gasteiger partial charge is 0.0743 e. The summed E-state index contributed by atoms with van der Waals surface area (Å²) in [7, 11) is 0. The third-order valence-corrected chi connectivity index (χ3v) is 5.16. The van der Waals surface area contributed by atoms with Crippen LogP contribution >= 0.6 is 0 Å². The molecule has 0 saturated heterocycles. The molecule has 1 unspecified atom stereocenters. The molecule has 0 bridgehead atoms. The molecule has 0 amide bonds. The molecule has 0 fully saturated rings. The van der Waals surface area contributed by atoms with Crippen molar-refractivity contribution in [1.29, 1.82) is 0 Å². The Hall–Kier alpha value is -2.67. The van der Waals surface area contributed by atoms with Crippen molar-refractivity contribution in [2.45, 2.75) is 40.5 Å². The molecule has 2 aromatic carbocycles. The lowest BCUT2D eigenvalue weighted by Gasteiger charge is -2.26. The fourth-order valence-electron chi connectivity index (χ4n) is 3.86. The van der Waals surface area contributed by atoms with Crippen molar-refractivity contribution in [3.63, 3.8) is 0 Å². The highest BCUT2D eigenvalue weighted by Crippen LogP contribution is 2.38. The predicted octanol–water partition coefficient (Wildman–Crippen LogP) is 7.58. The van der Waals surface area contributed by atoms with Crippen LogP contribution in [0.2, 0.25) is 0 Å². The minimum Gasteiger partial charge on any atom is -0.256 e. The van der Waals surface area contributed by atoms with E-state index in [0.29, 0.717) is 11.8 Å². The van der Waals surface area contributed by atoms with Gasteiger partial charge < -0.3 is 0 Å². The topological polar surface area (TPSA) is 12.9 Å². The van der Waals surface area contributed by atoms with Crippen molar-refractivity contribution < 1.29 is 0 Å². The normalized spacial score (nSPS) is 15.9. The Balaban J connectivity index is 0.00000109. The molecule has 0 N–H and O–H groups in total. The van der Waals surface area contributed by atoms with E-state index < -0.39 is 0 Å². The van der Waals surface area contributed by atoms with E-state index in [1.165, 1.54) is 27.5 Å². The fraction of sp³-hybridized carbons (Fsp3) is 0.296. The number of aromatic nitrogens is 1. The summed E-state index contributed by atoms with van der Waals surface area (Å²) in [5.74, 6) is 1.06. The van der Waals surface area contributed by atoms with Gasteiger partial charge in [-0.3, -0.25) is 4.98 Å². The van der Waals surface area contributed by atoms with Crippen molar-refractivity contribution in [2.75, 3.05) is 0 Å². The Morgan fingerprint density at radius 2 is 1.75 bits per heavy atom. The van der Waals surface area contributed by atoms with Gasteiger partial charge in [-0.15, -0.1) is 0 Å². The van der Waals surface area contributed by atoms with Gasteiger partial charge in [0.2, 0.25) is 0 Å². The molecule has 1 aromatic heterocycles. The second-order valence-electron chi connectivity index (χ2n) is 7.49. The molecule has 28 heavy (non-hydrogen) atoms. The third kappa shape index (κ3) is 4.42. The first-order valence-corrected chi connectivity index (χ1v) is 10.5. The first-order chi connectivity index (χ1) is 13.7. The highest BCUT2D eigenvalue weighted by Gasteiger charge is 2.23. The van der Waals surface area contributed by atoms with E-state index in [0.717, 1.165) is 18.5 Å². The van der Waals surface area contributed by atoms with E-state index in [2.05, 4.69) is 86.7 Å². The zero-order valence-electron chi connectivity index (χ0n) is 17.5. The van der Waals surface area contributed by atoms with E-state index >= 15 is 0 Å². The number of benzene rings is 2. The quantitative estimate of drug-likeness (QED) is 0.432. The number of nitrogens with zero attached hydrogens (tertiary/aromatic N) is 1. The summed E-state index contributed by atoms with van der Waals surface area (Å²) >= 11 is 0. The number of hydrogen-bond donors (Lipinski definition) is 0. The van der Waals surface area contributed by atoms with Crippen LogP contribution in [-0.4, -0.2) is 4.98 Å². The lowest BCUT2D eigenvalue weighted by Crippen LogP contribution is -2.13. The van der Waals surface area contributed by atoms with Crippen LogP contribution in [-0.2, 0) is 6.42 Å². The van der Waals surface area contributed by atoms with Crippen LogP contribution in [0.25, 0.3) is 22.4 Å². The molecule has 1 heteroatoms. The van der Waals surface area contributed by atoms with Gasteiger partial charge in [0.15, 0.2) is 0 Å². The second-order valence-corrected chi connectivity index (χ2v) is 7.49. The lowest BCUT2D eigenvalue weighted by atomic mass is 9.79. The number of fused-ring (bicyclic) bond motifs is 2. The SMILES string of the molecule is CC.CC(C)C=CCC1Cc2ccccc2C=C1c1nccc2ccccc12. The minimum atomic E-state index is 0.471. The van der Waals surface area contributed by atoms with Crippen LogP contribution in [0.15, 0.2) is 72.9 Å². The first-order valence-electron chi connectivity index (χ1n) is 10.5.